The van der Waals surface area contributed by atoms with Crippen molar-refractivity contribution >= 4 is 17.0 Å². The van der Waals surface area contributed by atoms with Crippen LogP contribution < -0.4 is 5.56 Å². The van der Waals surface area contributed by atoms with Crippen molar-refractivity contribution in [3.05, 3.63) is 64.1 Å². The van der Waals surface area contributed by atoms with Gasteiger partial charge in [-0.2, -0.15) is 5.10 Å². The van der Waals surface area contributed by atoms with Gasteiger partial charge in [-0.25, -0.2) is 0 Å². The highest BCUT2D eigenvalue weighted by Crippen LogP contribution is 2.16. The molecular formula is C17H17N3O3. The quantitative estimate of drug-likeness (QED) is 0.782. The van der Waals surface area contributed by atoms with Crippen molar-refractivity contribution in [2.75, 3.05) is 0 Å². The van der Waals surface area contributed by atoms with Gasteiger partial charge in [-0.05, 0) is 18.1 Å². The number of hydrogen-bond donors (Lipinski definition) is 1. The summed E-state index contributed by atoms with van der Waals surface area (Å²) < 4.78 is 3.21. The summed E-state index contributed by atoms with van der Waals surface area (Å²) in [4.78, 5) is 22.9. The maximum atomic E-state index is 12.2. The van der Waals surface area contributed by atoms with E-state index < -0.39 is 5.97 Å². The molecule has 3 aromatic rings. The van der Waals surface area contributed by atoms with Gasteiger partial charge in [0, 0.05) is 24.2 Å². The molecule has 0 fully saturated rings. The number of carboxylic acids is 1. The van der Waals surface area contributed by atoms with Crippen LogP contribution in [0.4, 0.5) is 0 Å². The fourth-order valence-electron chi connectivity index (χ4n) is 2.61. The van der Waals surface area contributed by atoms with Crippen LogP contribution in [0.1, 0.15) is 17.5 Å². The number of rotatable bonds is 5. The first-order valence-corrected chi connectivity index (χ1v) is 7.38. The second-order valence-corrected chi connectivity index (χ2v) is 5.51. The van der Waals surface area contributed by atoms with E-state index in [-0.39, 0.29) is 18.5 Å². The number of hydrogen-bond acceptors (Lipinski definition) is 3. The number of aliphatic carboxylic acids is 1. The van der Waals surface area contributed by atoms with E-state index in [1.165, 1.54) is 10.6 Å². The smallest absolute Gasteiger partial charge is 0.305 e. The van der Waals surface area contributed by atoms with Crippen LogP contribution in [0.5, 0.6) is 0 Å². The number of benzene rings is 1. The van der Waals surface area contributed by atoms with Crippen molar-refractivity contribution in [3.8, 4) is 0 Å². The molecule has 0 atom stereocenters. The zero-order valence-electron chi connectivity index (χ0n) is 12.8. The summed E-state index contributed by atoms with van der Waals surface area (Å²) in [5, 5.41) is 14.2. The van der Waals surface area contributed by atoms with Crippen LogP contribution in [-0.2, 0) is 17.9 Å². The molecular weight excluding hydrogens is 294 g/mol. The van der Waals surface area contributed by atoms with Crippen molar-refractivity contribution in [2.24, 2.45) is 0 Å². The highest BCUT2D eigenvalue weighted by molar-refractivity contribution is 5.78. The van der Waals surface area contributed by atoms with E-state index in [1.807, 2.05) is 43.5 Å². The van der Waals surface area contributed by atoms with E-state index in [2.05, 4.69) is 5.10 Å². The molecule has 0 unspecified atom stereocenters. The summed E-state index contributed by atoms with van der Waals surface area (Å²) in [6.07, 6.45) is 1.79. The molecule has 0 amide bonds. The van der Waals surface area contributed by atoms with Gasteiger partial charge in [0.2, 0.25) is 0 Å². The van der Waals surface area contributed by atoms with Crippen LogP contribution in [0, 0.1) is 6.92 Å². The zero-order valence-corrected chi connectivity index (χ0v) is 12.8. The Labute approximate surface area is 132 Å². The van der Waals surface area contributed by atoms with Crippen molar-refractivity contribution in [1.82, 2.24) is 14.3 Å². The summed E-state index contributed by atoms with van der Waals surface area (Å²) in [6.45, 7) is 2.58. The summed E-state index contributed by atoms with van der Waals surface area (Å²) in [6, 6.07) is 11.4. The molecule has 0 bridgehead atoms. The number of carbonyl (C=O) groups is 1. The van der Waals surface area contributed by atoms with Crippen LogP contribution >= 0.6 is 0 Å². The Kier molecular flexibility index (Phi) is 3.97. The lowest BCUT2D eigenvalue weighted by molar-refractivity contribution is -0.137. The third-order valence-electron chi connectivity index (χ3n) is 3.77. The first-order valence-electron chi connectivity index (χ1n) is 7.38. The fourth-order valence-corrected chi connectivity index (χ4v) is 2.61. The van der Waals surface area contributed by atoms with Gasteiger partial charge in [-0.15, -0.1) is 0 Å². The van der Waals surface area contributed by atoms with Gasteiger partial charge in [0.05, 0.1) is 13.0 Å². The minimum absolute atomic E-state index is 0.108. The number of pyridine rings is 1. The molecule has 2 heterocycles. The first kappa shape index (κ1) is 15.0. The van der Waals surface area contributed by atoms with Crippen LogP contribution in [0.15, 0.2) is 47.4 Å². The number of aryl methyl sites for hydroxylation is 2. The van der Waals surface area contributed by atoms with Crippen molar-refractivity contribution in [1.29, 1.82) is 0 Å². The SMILES string of the molecule is Cc1cc(=O)n(CCC(=O)O)c2nn(Cc3ccccc3)cc12. The molecule has 0 spiro atoms. The number of nitrogens with zero attached hydrogens (tertiary/aromatic N) is 3. The van der Waals surface area contributed by atoms with Crippen molar-refractivity contribution in [2.45, 2.75) is 26.4 Å². The maximum absolute atomic E-state index is 12.2. The summed E-state index contributed by atoms with van der Waals surface area (Å²) in [5.74, 6) is -0.936. The molecule has 118 valence electrons. The molecule has 6 heteroatoms. The lowest BCUT2D eigenvalue weighted by atomic mass is 10.2. The van der Waals surface area contributed by atoms with Crippen molar-refractivity contribution in [3.63, 3.8) is 0 Å². The second kappa shape index (κ2) is 6.08. The van der Waals surface area contributed by atoms with Gasteiger partial charge in [0.1, 0.15) is 0 Å². The Hall–Kier alpha value is -2.89. The highest BCUT2D eigenvalue weighted by atomic mass is 16.4. The minimum atomic E-state index is -0.936. The fraction of sp³-hybridized carbons (Fsp3) is 0.235. The van der Waals surface area contributed by atoms with E-state index in [0.717, 1.165) is 16.5 Å². The van der Waals surface area contributed by atoms with E-state index >= 15 is 0 Å². The summed E-state index contributed by atoms with van der Waals surface area (Å²) >= 11 is 0. The molecule has 23 heavy (non-hydrogen) atoms. The second-order valence-electron chi connectivity index (χ2n) is 5.51. The standard InChI is InChI=1S/C17H17N3O3/c1-12-9-15(21)20(8-7-16(22)23)17-14(12)11-19(18-17)10-13-5-3-2-4-6-13/h2-6,9,11H,7-8,10H2,1H3,(H,22,23). The predicted molar refractivity (Wildman–Crippen MR) is 86.5 cm³/mol. The van der Waals surface area contributed by atoms with Gasteiger partial charge < -0.3 is 5.11 Å². The molecule has 3 rings (SSSR count). The molecule has 1 aromatic carbocycles. The minimum Gasteiger partial charge on any atom is -0.481 e. The van der Waals surface area contributed by atoms with Crippen LogP contribution in [-0.4, -0.2) is 25.4 Å². The van der Waals surface area contributed by atoms with Gasteiger partial charge in [0.15, 0.2) is 5.65 Å². The van der Waals surface area contributed by atoms with Gasteiger partial charge in [-0.1, -0.05) is 30.3 Å². The topological polar surface area (TPSA) is 77.1 Å². The maximum Gasteiger partial charge on any atom is 0.305 e. The molecule has 0 saturated heterocycles. The Bertz CT molecular complexity index is 910. The molecule has 0 saturated carbocycles. The average Bonchev–Trinajstić information content (AvgIpc) is 2.92. The van der Waals surface area contributed by atoms with Gasteiger partial charge in [0.25, 0.3) is 5.56 Å². The number of fused-ring (bicyclic) bond motifs is 1. The Morgan fingerprint density at radius 3 is 2.70 bits per heavy atom. The monoisotopic (exact) mass is 311 g/mol. The predicted octanol–water partition coefficient (Wildman–Crippen LogP) is 2.03. The molecule has 0 aliphatic rings. The Balaban J connectivity index is 2.03. The first-order chi connectivity index (χ1) is 11.0. The van der Waals surface area contributed by atoms with Crippen LogP contribution in [0.3, 0.4) is 0 Å². The van der Waals surface area contributed by atoms with Crippen molar-refractivity contribution < 1.29 is 9.90 Å². The summed E-state index contributed by atoms with van der Waals surface area (Å²) in [5.41, 5.74) is 2.27. The number of aromatic nitrogens is 3. The van der Waals surface area contributed by atoms with Crippen LogP contribution in [0.25, 0.3) is 11.0 Å². The molecule has 2 aromatic heterocycles. The Morgan fingerprint density at radius 1 is 1.26 bits per heavy atom. The molecule has 6 nitrogen and oxygen atoms in total. The van der Waals surface area contributed by atoms with Gasteiger partial charge >= 0.3 is 5.97 Å². The third-order valence-corrected chi connectivity index (χ3v) is 3.77. The van der Waals surface area contributed by atoms with E-state index in [9.17, 15) is 9.59 Å². The highest BCUT2D eigenvalue weighted by Gasteiger charge is 2.12. The number of carboxylic acid groups (broad SMARTS) is 1. The van der Waals surface area contributed by atoms with E-state index in [1.54, 1.807) is 4.68 Å². The van der Waals surface area contributed by atoms with Crippen LogP contribution in [0.2, 0.25) is 0 Å². The lowest BCUT2D eigenvalue weighted by Crippen LogP contribution is -2.22. The Morgan fingerprint density at radius 2 is 2.00 bits per heavy atom. The normalized spacial score (nSPS) is 11.0. The van der Waals surface area contributed by atoms with E-state index in [4.69, 9.17) is 5.11 Å². The molecule has 0 radical (unpaired) electrons. The lowest BCUT2D eigenvalue weighted by Gasteiger charge is -2.05. The molecule has 0 aliphatic heterocycles. The van der Waals surface area contributed by atoms with E-state index in [0.29, 0.717) is 12.2 Å². The summed E-state index contributed by atoms with van der Waals surface area (Å²) in [7, 11) is 0. The zero-order chi connectivity index (χ0) is 16.4. The largest absolute Gasteiger partial charge is 0.481 e. The van der Waals surface area contributed by atoms with Gasteiger partial charge in [-0.3, -0.25) is 18.8 Å². The molecule has 1 N–H and O–H groups in total. The molecule has 0 aliphatic carbocycles. The average molecular weight is 311 g/mol. The third kappa shape index (κ3) is 3.15.